The summed E-state index contributed by atoms with van der Waals surface area (Å²) in [5.74, 6) is 1.01. The standard InChI is InChI=1S/C9H9NO4.C5H6O2.C4H5NO3.C2H2.CH4/c1-2-3-4-9(13)14-10-7(11)5-6-8(10)12;1-2-3-4-5(6)7;6-3-1-2-4(7)5(3)8;1-2;/h1H,3-6H2;1H,3-4H2,(H,6,7);8H,1-2H2;1-2H;1H4/i;;;1D;. The third kappa shape index (κ3) is 13.9. The van der Waals surface area contributed by atoms with Crippen molar-refractivity contribution in [3.63, 3.8) is 0 Å². The molecule has 0 radical (unpaired) electrons. The first-order valence-corrected chi connectivity index (χ1v) is 8.62. The summed E-state index contributed by atoms with van der Waals surface area (Å²) in [5.41, 5.74) is 0. The second kappa shape index (κ2) is 18.9. The Balaban J connectivity index is -0.000000406. The molecule has 0 spiro atoms. The van der Waals surface area contributed by atoms with Crippen molar-refractivity contribution < 1.29 is 45.3 Å². The average Bonchev–Trinajstić information content (AvgIpc) is 3.22. The van der Waals surface area contributed by atoms with E-state index < -0.39 is 35.6 Å². The summed E-state index contributed by atoms with van der Waals surface area (Å²) in [7, 11) is 0. The molecule has 11 nitrogen and oxygen atoms in total. The van der Waals surface area contributed by atoms with Crippen molar-refractivity contribution in [2.24, 2.45) is 0 Å². The van der Waals surface area contributed by atoms with Gasteiger partial charge in [0.2, 0.25) is 0 Å². The lowest BCUT2D eigenvalue weighted by atomic mass is 10.3. The molecule has 174 valence electrons. The van der Waals surface area contributed by atoms with Gasteiger partial charge in [0, 0.05) is 38.5 Å². The maximum atomic E-state index is 11.0. The fourth-order valence-electron chi connectivity index (χ4n) is 1.72. The first kappa shape index (κ1) is 30.1. The number of carbonyl (C=O) groups excluding carboxylic acids is 5. The highest BCUT2D eigenvalue weighted by Crippen LogP contribution is 2.12. The molecule has 2 N–H and O–H groups in total. The number of aliphatic carboxylic acids is 1. The quantitative estimate of drug-likeness (QED) is 0.352. The monoisotopic (exact) mass is 451 g/mol. The Morgan fingerprint density at radius 2 is 1.31 bits per heavy atom. The normalized spacial score (nSPS) is 13.8. The Kier molecular flexibility index (Phi) is 17.7. The van der Waals surface area contributed by atoms with E-state index in [1.54, 1.807) is 0 Å². The van der Waals surface area contributed by atoms with Crippen LogP contribution in [0.1, 0.15) is 60.2 Å². The van der Waals surface area contributed by atoms with Crippen LogP contribution in [0.5, 0.6) is 0 Å². The highest BCUT2D eigenvalue weighted by molar-refractivity contribution is 6.01. The van der Waals surface area contributed by atoms with Crippen LogP contribution in [0.2, 0.25) is 0 Å². The van der Waals surface area contributed by atoms with Crippen molar-refractivity contribution in [3.05, 3.63) is 0 Å². The van der Waals surface area contributed by atoms with Crippen LogP contribution in [0.25, 0.3) is 0 Å². The number of hydroxylamine groups is 4. The number of nitrogens with zero attached hydrogens (tertiary/aromatic N) is 2. The van der Waals surface area contributed by atoms with Gasteiger partial charge >= 0.3 is 11.9 Å². The van der Waals surface area contributed by atoms with Gasteiger partial charge in [0.05, 0.1) is 12.8 Å². The molecule has 0 aromatic heterocycles. The maximum absolute atomic E-state index is 11.0. The largest absolute Gasteiger partial charge is 0.481 e. The fourth-order valence-corrected chi connectivity index (χ4v) is 1.72. The number of carboxylic acid groups (broad SMARTS) is 1. The van der Waals surface area contributed by atoms with Crippen LogP contribution in [0.15, 0.2) is 0 Å². The zero-order valence-electron chi connectivity index (χ0n) is 17.5. The molecule has 11 heteroatoms. The Bertz CT molecular complexity index is 802. The van der Waals surface area contributed by atoms with Crippen LogP contribution < -0.4 is 0 Å². The molecular formula is C21H26N2O9. The Labute approximate surface area is 188 Å². The zero-order chi connectivity index (χ0) is 25.1. The second-order valence-electron chi connectivity index (χ2n) is 5.45. The van der Waals surface area contributed by atoms with E-state index >= 15 is 0 Å². The zero-order valence-corrected chi connectivity index (χ0v) is 16.5. The van der Waals surface area contributed by atoms with E-state index in [1.165, 1.54) is 6.40 Å². The van der Waals surface area contributed by atoms with Gasteiger partial charge in [-0.2, -0.15) is 5.06 Å². The third-order valence-electron chi connectivity index (χ3n) is 3.18. The van der Waals surface area contributed by atoms with E-state index in [0.717, 1.165) is 0 Å². The van der Waals surface area contributed by atoms with Crippen molar-refractivity contribution in [1.82, 2.24) is 10.1 Å². The summed E-state index contributed by atoms with van der Waals surface area (Å²) < 4.78 is 5.74. The Morgan fingerprint density at radius 3 is 1.59 bits per heavy atom. The number of amides is 4. The van der Waals surface area contributed by atoms with Gasteiger partial charge in [-0.05, 0) is 0 Å². The third-order valence-corrected chi connectivity index (χ3v) is 3.18. The molecule has 2 saturated heterocycles. The highest BCUT2D eigenvalue weighted by Gasteiger charge is 2.32. The van der Waals surface area contributed by atoms with Gasteiger partial charge in [0.25, 0.3) is 23.6 Å². The van der Waals surface area contributed by atoms with Crippen molar-refractivity contribution in [2.45, 2.75) is 58.8 Å². The minimum absolute atomic E-state index is 0. The molecule has 2 fully saturated rings. The minimum atomic E-state index is -0.835. The molecule has 0 atom stereocenters. The summed E-state index contributed by atoms with van der Waals surface area (Å²) in [6, 6.07) is 0. The number of hydrogen-bond donors (Lipinski definition) is 2. The summed E-state index contributed by atoms with van der Waals surface area (Å²) in [6.07, 6.45) is 16.6. The van der Waals surface area contributed by atoms with Crippen LogP contribution in [0, 0.1) is 37.5 Å². The predicted octanol–water partition coefficient (Wildman–Crippen LogP) is 0.902. The van der Waals surface area contributed by atoms with Crippen LogP contribution in [0.4, 0.5) is 0 Å². The van der Waals surface area contributed by atoms with Gasteiger partial charge < -0.3 is 9.94 Å². The molecule has 2 rings (SSSR count). The van der Waals surface area contributed by atoms with E-state index in [-0.39, 0.29) is 57.4 Å². The molecule has 0 saturated carbocycles. The number of hydrogen-bond acceptors (Lipinski definition) is 8. The maximum Gasteiger partial charge on any atom is 0.334 e. The van der Waals surface area contributed by atoms with Crippen molar-refractivity contribution >= 4 is 35.6 Å². The molecule has 2 aliphatic heterocycles. The molecule has 2 aliphatic rings. The smallest absolute Gasteiger partial charge is 0.334 e. The first-order chi connectivity index (χ1) is 15.0. The molecule has 2 heterocycles. The summed E-state index contributed by atoms with van der Waals surface area (Å²) in [5, 5.41) is 17.0. The topological polar surface area (TPSA) is 159 Å². The van der Waals surface area contributed by atoms with Crippen LogP contribution in [-0.4, -0.2) is 56.0 Å². The van der Waals surface area contributed by atoms with Crippen molar-refractivity contribution in [1.29, 1.82) is 0 Å². The first-order valence-electron chi connectivity index (χ1n) is 9.12. The number of terminal acetylenes is 3. The summed E-state index contributed by atoms with van der Waals surface area (Å²) >= 11 is 0. The van der Waals surface area contributed by atoms with E-state index in [4.69, 9.17) is 24.5 Å². The van der Waals surface area contributed by atoms with Crippen molar-refractivity contribution in [3.8, 4) is 37.5 Å². The molecule has 0 bridgehead atoms. The van der Waals surface area contributed by atoms with Gasteiger partial charge in [-0.3, -0.25) is 29.2 Å². The number of imide groups is 2. The van der Waals surface area contributed by atoms with E-state index in [9.17, 15) is 28.8 Å². The minimum Gasteiger partial charge on any atom is -0.481 e. The van der Waals surface area contributed by atoms with Crippen LogP contribution in [-0.2, 0) is 33.6 Å². The van der Waals surface area contributed by atoms with Gasteiger partial charge in [0.1, 0.15) is 1.37 Å². The molecule has 0 aliphatic carbocycles. The lowest BCUT2D eigenvalue weighted by Gasteiger charge is -2.11. The van der Waals surface area contributed by atoms with Gasteiger partial charge in [-0.15, -0.1) is 42.6 Å². The molecule has 0 aromatic rings. The van der Waals surface area contributed by atoms with Gasteiger partial charge in [-0.1, -0.05) is 7.43 Å². The highest BCUT2D eigenvalue weighted by atomic mass is 16.7. The van der Waals surface area contributed by atoms with Gasteiger partial charge in [-0.25, -0.2) is 4.79 Å². The van der Waals surface area contributed by atoms with Crippen LogP contribution in [0.3, 0.4) is 0 Å². The van der Waals surface area contributed by atoms with E-state index in [1.807, 2.05) is 0 Å². The predicted molar refractivity (Wildman–Crippen MR) is 110 cm³/mol. The summed E-state index contributed by atoms with van der Waals surface area (Å²) in [4.78, 5) is 67.6. The van der Waals surface area contributed by atoms with E-state index in [2.05, 4.69) is 23.1 Å². The number of rotatable bonds is 5. The van der Waals surface area contributed by atoms with Crippen LogP contribution >= 0.6 is 0 Å². The molecular weight excluding hydrogens is 424 g/mol. The van der Waals surface area contributed by atoms with Crippen molar-refractivity contribution in [2.75, 3.05) is 0 Å². The van der Waals surface area contributed by atoms with Gasteiger partial charge in [0.15, 0.2) is 0 Å². The average molecular weight is 451 g/mol. The lowest BCUT2D eigenvalue weighted by molar-refractivity contribution is -0.197. The van der Waals surface area contributed by atoms with E-state index in [0.29, 0.717) is 11.5 Å². The molecule has 0 aromatic carbocycles. The molecule has 32 heavy (non-hydrogen) atoms. The Morgan fingerprint density at radius 1 is 0.938 bits per heavy atom. The second-order valence-corrected chi connectivity index (χ2v) is 5.45. The number of carboxylic acids is 1. The fraction of sp³-hybridized carbons (Fsp3) is 0.429. The summed E-state index contributed by atoms with van der Waals surface area (Å²) in [6.45, 7) is 0. The Hall–Kier alpha value is -4.14. The SMILES string of the molecule is C.C#CCCC(=O)O.C#CCCC(=O)ON1C(=O)CCC1=O.O=C1CCC(=O)N1O.[2H]C#C. The lowest BCUT2D eigenvalue weighted by Crippen LogP contribution is -2.31. The number of carbonyl (C=O) groups is 6. The molecule has 4 amide bonds. The molecule has 0 unspecified atom stereocenters.